The molecule has 0 amide bonds. The van der Waals surface area contributed by atoms with E-state index in [9.17, 15) is 0 Å². The summed E-state index contributed by atoms with van der Waals surface area (Å²) in [6, 6.07) is 12.3. The maximum atomic E-state index is 8.71. The second kappa shape index (κ2) is 5.26. The molecule has 0 aliphatic heterocycles. The Hall–Kier alpha value is -2.15. The van der Waals surface area contributed by atoms with Gasteiger partial charge in [-0.3, -0.25) is 0 Å². The van der Waals surface area contributed by atoms with E-state index in [0.29, 0.717) is 13.0 Å². The van der Waals surface area contributed by atoms with Gasteiger partial charge in [-0.2, -0.15) is 5.26 Å². The maximum Gasteiger partial charge on any atom is 0.0999 e. The summed E-state index contributed by atoms with van der Waals surface area (Å²) in [7, 11) is 0. The van der Waals surface area contributed by atoms with Crippen molar-refractivity contribution in [2.24, 2.45) is 0 Å². The average molecular weight is 226 g/mol. The molecular weight excluding hydrogens is 212 g/mol. The fourth-order valence-corrected chi connectivity index (χ4v) is 1.85. The van der Waals surface area contributed by atoms with E-state index in [1.807, 2.05) is 22.9 Å². The summed E-state index contributed by atoms with van der Waals surface area (Å²) in [5.41, 5.74) is 3.04. The number of aromatic nitrogens is 3. The van der Waals surface area contributed by atoms with Crippen molar-refractivity contribution >= 4 is 0 Å². The SMILES string of the molecule is CCc1c(CC#N)nnn1Cc1ccccc1. The number of hydrogen-bond donors (Lipinski definition) is 0. The van der Waals surface area contributed by atoms with Crippen LogP contribution >= 0.6 is 0 Å². The van der Waals surface area contributed by atoms with E-state index >= 15 is 0 Å². The lowest BCUT2D eigenvalue weighted by molar-refractivity contribution is 0.622. The van der Waals surface area contributed by atoms with Gasteiger partial charge in [-0.25, -0.2) is 4.68 Å². The molecule has 86 valence electrons. The summed E-state index contributed by atoms with van der Waals surface area (Å²) in [5.74, 6) is 0. The Morgan fingerprint density at radius 2 is 2.06 bits per heavy atom. The first-order valence-corrected chi connectivity index (χ1v) is 5.67. The molecule has 0 saturated carbocycles. The van der Waals surface area contributed by atoms with Crippen LogP contribution in [-0.2, 0) is 19.4 Å². The highest BCUT2D eigenvalue weighted by Crippen LogP contribution is 2.10. The van der Waals surface area contributed by atoms with Gasteiger partial charge in [-0.05, 0) is 12.0 Å². The lowest BCUT2D eigenvalue weighted by Crippen LogP contribution is -2.06. The van der Waals surface area contributed by atoms with Crippen LogP contribution in [-0.4, -0.2) is 15.0 Å². The summed E-state index contributed by atoms with van der Waals surface area (Å²) in [6.07, 6.45) is 1.18. The molecule has 0 saturated heterocycles. The van der Waals surface area contributed by atoms with Crippen molar-refractivity contribution in [3.63, 3.8) is 0 Å². The lowest BCUT2D eigenvalue weighted by Gasteiger charge is -2.05. The minimum Gasteiger partial charge on any atom is -0.245 e. The molecule has 0 aliphatic carbocycles. The fourth-order valence-electron chi connectivity index (χ4n) is 1.85. The second-order valence-corrected chi connectivity index (χ2v) is 3.81. The molecule has 2 aromatic rings. The molecule has 1 aromatic carbocycles. The predicted octanol–water partition coefficient (Wildman–Crippen LogP) is 1.95. The van der Waals surface area contributed by atoms with E-state index < -0.39 is 0 Å². The van der Waals surface area contributed by atoms with Crippen LogP contribution < -0.4 is 0 Å². The average Bonchev–Trinajstić information content (AvgIpc) is 2.73. The van der Waals surface area contributed by atoms with Gasteiger partial charge in [0.15, 0.2) is 0 Å². The third kappa shape index (κ3) is 2.51. The van der Waals surface area contributed by atoms with Crippen molar-refractivity contribution in [2.75, 3.05) is 0 Å². The molecule has 0 radical (unpaired) electrons. The smallest absolute Gasteiger partial charge is 0.0999 e. The summed E-state index contributed by atoms with van der Waals surface area (Å²) in [6.45, 7) is 2.77. The molecule has 4 heteroatoms. The molecule has 1 aromatic heterocycles. The largest absolute Gasteiger partial charge is 0.245 e. The van der Waals surface area contributed by atoms with Crippen LogP contribution in [0.15, 0.2) is 30.3 Å². The third-order valence-electron chi connectivity index (χ3n) is 2.67. The Morgan fingerprint density at radius 1 is 1.29 bits per heavy atom. The molecule has 2 rings (SSSR count). The van der Waals surface area contributed by atoms with Gasteiger partial charge in [0, 0.05) is 0 Å². The quantitative estimate of drug-likeness (QED) is 0.800. The number of hydrogen-bond acceptors (Lipinski definition) is 3. The third-order valence-corrected chi connectivity index (χ3v) is 2.67. The van der Waals surface area contributed by atoms with E-state index in [1.165, 1.54) is 5.56 Å². The molecule has 0 bridgehead atoms. The first-order valence-electron chi connectivity index (χ1n) is 5.67. The summed E-state index contributed by atoms with van der Waals surface area (Å²) in [5, 5.41) is 16.9. The zero-order chi connectivity index (χ0) is 12.1. The zero-order valence-electron chi connectivity index (χ0n) is 9.80. The van der Waals surface area contributed by atoms with E-state index in [4.69, 9.17) is 5.26 Å². The molecule has 0 aliphatic rings. The van der Waals surface area contributed by atoms with Gasteiger partial charge in [0.2, 0.25) is 0 Å². The molecule has 0 fully saturated rings. The fraction of sp³-hybridized carbons (Fsp3) is 0.308. The molecule has 0 unspecified atom stereocenters. The van der Waals surface area contributed by atoms with Crippen LogP contribution in [0.2, 0.25) is 0 Å². The van der Waals surface area contributed by atoms with Gasteiger partial charge in [-0.15, -0.1) is 5.10 Å². The summed E-state index contributed by atoms with van der Waals surface area (Å²) in [4.78, 5) is 0. The Labute approximate surface area is 101 Å². The molecule has 0 atom stereocenters. The van der Waals surface area contributed by atoms with Crippen molar-refractivity contribution < 1.29 is 0 Å². The first-order chi connectivity index (χ1) is 8.35. The molecule has 0 N–H and O–H groups in total. The zero-order valence-corrected chi connectivity index (χ0v) is 9.80. The molecule has 17 heavy (non-hydrogen) atoms. The van der Waals surface area contributed by atoms with Crippen molar-refractivity contribution in [1.82, 2.24) is 15.0 Å². The number of nitriles is 1. The maximum absolute atomic E-state index is 8.71. The number of benzene rings is 1. The monoisotopic (exact) mass is 226 g/mol. The van der Waals surface area contributed by atoms with Gasteiger partial charge in [-0.1, -0.05) is 42.5 Å². The second-order valence-electron chi connectivity index (χ2n) is 3.81. The van der Waals surface area contributed by atoms with Gasteiger partial charge in [0.05, 0.1) is 30.4 Å². The molecular formula is C13H14N4. The van der Waals surface area contributed by atoms with Crippen molar-refractivity contribution in [3.05, 3.63) is 47.3 Å². The van der Waals surface area contributed by atoms with Crippen molar-refractivity contribution in [2.45, 2.75) is 26.3 Å². The highest BCUT2D eigenvalue weighted by atomic mass is 15.4. The molecule has 1 heterocycles. The Bertz CT molecular complexity index is 522. The standard InChI is InChI=1S/C13H14N4/c1-2-13-12(8-9-14)15-16-17(13)10-11-6-4-3-5-7-11/h3-7H,2,8,10H2,1H3. The van der Waals surface area contributed by atoms with Crippen LogP contribution in [0.4, 0.5) is 0 Å². The van der Waals surface area contributed by atoms with Gasteiger partial charge >= 0.3 is 0 Å². The van der Waals surface area contributed by atoms with E-state index in [-0.39, 0.29) is 0 Å². The number of rotatable bonds is 4. The molecule has 0 spiro atoms. The van der Waals surface area contributed by atoms with E-state index in [2.05, 4.69) is 35.4 Å². The Morgan fingerprint density at radius 3 is 2.71 bits per heavy atom. The van der Waals surface area contributed by atoms with Gasteiger partial charge in [0.1, 0.15) is 0 Å². The van der Waals surface area contributed by atoms with Crippen LogP contribution in [0.25, 0.3) is 0 Å². The van der Waals surface area contributed by atoms with Crippen LogP contribution in [0.3, 0.4) is 0 Å². The van der Waals surface area contributed by atoms with Crippen LogP contribution in [0.5, 0.6) is 0 Å². The van der Waals surface area contributed by atoms with Crippen molar-refractivity contribution in [1.29, 1.82) is 5.26 Å². The summed E-state index contributed by atoms with van der Waals surface area (Å²) < 4.78 is 1.88. The Balaban J connectivity index is 2.25. The normalized spacial score (nSPS) is 10.1. The summed E-state index contributed by atoms with van der Waals surface area (Å²) >= 11 is 0. The van der Waals surface area contributed by atoms with Gasteiger partial charge in [0.25, 0.3) is 0 Å². The predicted molar refractivity (Wildman–Crippen MR) is 64.3 cm³/mol. The minimum atomic E-state index is 0.331. The topological polar surface area (TPSA) is 54.5 Å². The van der Waals surface area contributed by atoms with E-state index in [0.717, 1.165) is 17.8 Å². The van der Waals surface area contributed by atoms with Crippen LogP contribution in [0.1, 0.15) is 23.9 Å². The van der Waals surface area contributed by atoms with E-state index in [1.54, 1.807) is 0 Å². The van der Waals surface area contributed by atoms with Crippen LogP contribution in [0, 0.1) is 11.3 Å². The highest BCUT2D eigenvalue weighted by Gasteiger charge is 2.10. The van der Waals surface area contributed by atoms with Crippen molar-refractivity contribution in [3.8, 4) is 6.07 Å². The molecule has 4 nitrogen and oxygen atoms in total. The lowest BCUT2D eigenvalue weighted by atomic mass is 10.2. The Kier molecular flexibility index (Phi) is 3.51. The number of nitrogens with zero attached hydrogens (tertiary/aromatic N) is 4. The highest BCUT2D eigenvalue weighted by molar-refractivity contribution is 5.18. The minimum absolute atomic E-state index is 0.331. The first kappa shape index (κ1) is 11.3. The van der Waals surface area contributed by atoms with Gasteiger partial charge < -0.3 is 0 Å².